The van der Waals surface area contributed by atoms with E-state index in [2.05, 4.69) is 18.2 Å². The lowest BCUT2D eigenvalue weighted by Gasteiger charge is -2.22. The zero-order valence-electron chi connectivity index (χ0n) is 7.56. The molecule has 1 atom stereocenters. The molecule has 0 spiro atoms. The number of nitrogens with zero attached hydrogens (tertiary/aromatic N) is 4. The van der Waals surface area contributed by atoms with Gasteiger partial charge in [-0.05, 0) is 13.3 Å². The molecule has 0 aliphatic carbocycles. The van der Waals surface area contributed by atoms with E-state index in [4.69, 9.17) is 5.26 Å². The third-order valence-corrected chi connectivity index (χ3v) is 2.01. The second-order valence-electron chi connectivity index (χ2n) is 2.89. The van der Waals surface area contributed by atoms with Crippen molar-refractivity contribution in [2.24, 2.45) is 5.10 Å². The molecule has 0 bridgehead atoms. The van der Waals surface area contributed by atoms with Crippen LogP contribution in [0, 0.1) is 11.5 Å². The quantitative estimate of drug-likeness (QED) is 0.591. The van der Waals surface area contributed by atoms with E-state index in [1.165, 1.54) is 0 Å². The van der Waals surface area contributed by atoms with Crippen LogP contribution in [0.4, 0.5) is 0 Å². The lowest BCUT2D eigenvalue weighted by Crippen LogP contribution is -2.34. The van der Waals surface area contributed by atoms with Crippen LogP contribution >= 0.6 is 0 Å². The number of nitriles is 1. The van der Waals surface area contributed by atoms with Crippen molar-refractivity contribution in [3.05, 3.63) is 0 Å². The molecular formula is C8H14N4. The number of hydrogen-bond acceptors (Lipinski definition) is 4. The molecule has 0 saturated carbocycles. The zero-order chi connectivity index (χ0) is 8.97. The zero-order valence-corrected chi connectivity index (χ0v) is 7.56. The van der Waals surface area contributed by atoms with E-state index >= 15 is 0 Å². The molecule has 1 aliphatic rings. The Bertz CT molecular complexity index is 206. The lowest BCUT2D eigenvalue weighted by molar-refractivity contribution is 0.176. The summed E-state index contributed by atoms with van der Waals surface area (Å²) in [6, 6.07) is 0. The van der Waals surface area contributed by atoms with Gasteiger partial charge in [-0.15, -0.1) is 0 Å². The minimum absolute atomic E-state index is 0.0987. The highest BCUT2D eigenvalue weighted by Gasteiger charge is 2.22. The highest BCUT2D eigenvalue weighted by Crippen LogP contribution is 2.11. The normalized spacial score (nSPS) is 21.6. The maximum absolute atomic E-state index is 8.64. The van der Waals surface area contributed by atoms with Crippen molar-refractivity contribution < 1.29 is 0 Å². The van der Waals surface area contributed by atoms with Crippen molar-refractivity contribution in [1.29, 1.82) is 5.26 Å². The highest BCUT2D eigenvalue weighted by atomic mass is 15.6. The second-order valence-corrected chi connectivity index (χ2v) is 2.89. The number of unbranched alkanes of at least 4 members (excludes halogenated alkanes) is 1. The number of hydrogen-bond donors (Lipinski definition) is 0. The van der Waals surface area contributed by atoms with Crippen LogP contribution in [-0.4, -0.2) is 29.0 Å². The van der Waals surface area contributed by atoms with Crippen LogP contribution in [0.15, 0.2) is 5.10 Å². The standard InChI is InChI=1S/C8H14N4/c1-3-4-5-12-8(2)11(6-9)7-10-12/h7-8H,3-5H2,1-2H3. The highest BCUT2D eigenvalue weighted by molar-refractivity contribution is 5.59. The first-order valence-corrected chi connectivity index (χ1v) is 4.28. The molecule has 0 N–H and O–H groups in total. The fourth-order valence-electron chi connectivity index (χ4n) is 1.13. The Balaban J connectivity index is 2.40. The maximum atomic E-state index is 8.64. The van der Waals surface area contributed by atoms with Crippen molar-refractivity contribution >= 4 is 6.34 Å². The van der Waals surface area contributed by atoms with E-state index in [1.54, 1.807) is 11.2 Å². The van der Waals surface area contributed by atoms with Crippen LogP contribution < -0.4 is 0 Å². The Morgan fingerprint density at radius 1 is 1.67 bits per heavy atom. The van der Waals surface area contributed by atoms with Crippen LogP contribution in [-0.2, 0) is 0 Å². The summed E-state index contributed by atoms with van der Waals surface area (Å²) in [5.74, 6) is 0. The monoisotopic (exact) mass is 166 g/mol. The predicted octanol–water partition coefficient (Wildman–Crippen LogP) is 1.17. The average molecular weight is 166 g/mol. The molecule has 0 aromatic carbocycles. The van der Waals surface area contributed by atoms with E-state index in [1.807, 2.05) is 11.9 Å². The van der Waals surface area contributed by atoms with Gasteiger partial charge in [0.25, 0.3) is 0 Å². The molecule has 1 unspecified atom stereocenters. The molecule has 4 nitrogen and oxygen atoms in total. The van der Waals surface area contributed by atoms with Gasteiger partial charge in [-0.2, -0.15) is 10.4 Å². The summed E-state index contributed by atoms with van der Waals surface area (Å²) in [6.45, 7) is 5.06. The van der Waals surface area contributed by atoms with Gasteiger partial charge >= 0.3 is 0 Å². The molecule has 0 amide bonds. The first-order chi connectivity index (χ1) is 5.79. The minimum Gasteiger partial charge on any atom is -0.272 e. The van der Waals surface area contributed by atoms with Crippen LogP contribution in [0.2, 0.25) is 0 Å². The largest absolute Gasteiger partial charge is 0.272 e. The van der Waals surface area contributed by atoms with Gasteiger partial charge in [0, 0.05) is 6.54 Å². The molecule has 1 heterocycles. The van der Waals surface area contributed by atoms with Gasteiger partial charge in [-0.25, -0.2) is 4.90 Å². The van der Waals surface area contributed by atoms with Crippen molar-refractivity contribution in [2.45, 2.75) is 32.9 Å². The number of hydrazone groups is 1. The van der Waals surface area contributed by atoms with E-state index in [0.717, 1.165) is 19.4 Å². The Morgan fingerprint density at radius 2 is 2.42 bits per heavy atom. The van der Waals surface area contributed by atoms with Crippen LogP contribution in [0.3, 0.4) is 0 Å². The first kappa shape index (κ1) is 8.85. The molecule has 0 fully saturated rings. The second kappa shape index (κ2) is 3.96. The molecular weight excluding hydrogens is 152 g/mol. The number of rotatable bonds is 3. The molecule has 1 rings (SSSR count). The SMILES string of the molecule is CCCCN1N=CN(C#N)C1C. The summed E-state index contributed by atoms with van der Waals surface area (Å²) in [6.07, 6.45) is 6.03. The molecule has 0 aromatic rings. The van der Waals surface area contributed by atoms with E-state index in [0.29, 0.717) is 0 Å². The Morgan fingerprint density at radius 3 is 2.92 bits per heavy atom. The summed E-state index contributed by atoms with van der Waals surface area (Å²) in [5, 5.41) is 14.7. The van der Waals surface area contributed by atoms with Gasteiger partial charge in [-0.3, -0.25) is 5.01 Å². The summed E-state index contributed by atoms with van der Waals surface area (Å²) in [5.41, 5.74) is 0. The smallest absolute Gasteiger partial charge is 0.187 e. The van der Waals surface area contributed by atoms with E-state index < -0.39 is 0 Å². The molecule has 0 aromatic heterocycles. The van der Waals surface area contributed by atoms with Gasteiger partial charge in [-0.1, -0.05) is 13.3 Å². The van der Waals surface area contributed by atoms with Crippen LogP contribution in [0.1, 0.15) is 26.7 Å². The van der Waals surface area contributed by atoms with Gasteiger partial charge in [0.05, 0.1) is 0 Å². The minimum atomic E-state index is 0.0987. The summed E-state index contributed by atoms with van der Waals surface area (Å²) in [7, 11) is 0. The molecule has 0 saturated heterocycles. The maximum Gasteiger partial charge on any atom is 0.187 e. The fourth-order valence-corrected chi connectivity index (χ4v) is 1.13. The van der Waals surface area contributed by atoms with Crippen LogP contribution in [0.25, 0.3) is 0 Å². The van der Waals surface area contributed by atoms with Crippen molar-refractivity contribution in [3.63, 3.8) is 0 Å². The Hall–Kier alpha value is -1.24. The summed E-state index contributed by atoms with van der Waals surface area (Å²) >= 11 is 0. The van der Waals surface area contributed by atoms with Crippen molar-refractivity contribution in [1.82, 2.24) is 9.91 Å². The summed E-state index contributed by atoms with van der Waals surface area (Å²) in [4.78, 5) is 1.55. The van der Waals surface area contributed by atoms with E-state index in [-0.39, 0.29) is 6.17 Å². The van der Waals surface area contributed by atoms with Crippen LogP contribution in [0.5, 0.6) is 0 Å². The Labute approximate surface area is 73.1 Å². The molecule has 4 heteroatoms. The topological polar surface area (TPSA) is 42.6 Å². The average Bonchev–Trinajstić information content (AvgIpc) is 2.43. The van der Waals surface area contributed by atoms with Gasteiger partial charge < -0.3 is 0 Å². The Kier molecular flexibility index (Phi) is 2.92. The molecule has 12 heavy (non-hydrogen) atoms. The van der Waals surface area contributed by atoms with Gasteiger partial charge in [0.2, 0.25) is 0 Å². The molecule has 66 valence electrons. The van der Waals surface area contributed by atoms with Crippen molar-refractivity contribution in [3.8, 4) is 6.19 Å². The third-order valence-electron chi connectivity index (χ3n) is 2.01. The fraction of sp³-hybridized carbons (Fsp3) is 0.750. The molecule has 0 radical (unpaired) electrons. The predicted molar refractivity (Wildman–Crippen MR) is 47.0 cm³/mol. The van der Waals surface area contributed by atoms with Gasteiger partial charge in [0.1, 0.15) is 12.5 Å². The van der Waals surface area contributed by atoms with E-state index in [9.17, 15) is 0 Å². The third kappa shape index (κ3) is 1.67. The lowest BCUT2D eigenvalue weighted by atomic mass is 10.3. The first-order valence-electron chi connectivity index (χ1n) is 4.28. The van der Waals surface area contributed by atoms with Gasteiger partial charge in [0.15, 0.2) is 6.19 Å². The molecule has 1 aliphatic heterocycles. The summed E-state index contributed by atoms with van der Waals surface area (Å²) < 4.78 is 0. The van der Waals surface area contributed by atoms with Crippen molar-refractivity contribution in [2.75, 3.05) is 6.54 Å².